The zero-order chi connectivity index (χ0) is 31.8. The van der Waals surface area contributed by atoms with Crippen LogP contribution in [-0.4, -0.2) is 4.57 Å². The minimum atomic E-state index is -0.0217. The molecule has 3 nitrogen and oxygen atoms in total. The van der Waals surface area contributed by atoms with Crippen LogP contribution in [0.5, 0.6) is 0 Å². The molecule has 0 unspecified atom stereocenters. The van der Waals surface area contributed by atoms with E-state index in [2.05, 4.69) is 102 Å². The fourth-order valence-electron chi connectivity index (χ4n) is 7.50. The Morgan fingerprint density at radius 3 is 1.71 bits per heavy atom. The number of nitrogens with zero attached hydrogens (tertiary/aromatic N) is 1. The van der Waals surface area contributed by atoms with Crippen molar-refractivity contribution >= 4 is 65.3 Å². The maximum Gasteiger partial charge on any atom is 0.200 e. The summed E-state index contributed by atoms with van der Waals surface area (Å²) >= 11 is 0. The monoisotopic (exact) mass is 613 g/mol. The zero-order valence-corrected chi connectivity index (χ0v) is 25.9. The van der Waals surface area contributed by atoms with Crippen molar-refractivity contribution in [1.82, 2.24) is 4.57 Å². The first-order valence-corrected chi connectivity index (χ1v) is 16.2. The summed E-state index contributed by atoms with van der Waals surface area (Å²) in [7, 11) is 0. The number of fused-ring (bicyclic) bond motifs is 9. The highest BCUT2D eigenvalue weighted by atomic mass is 16.3. The van der Waals surface area contributed by atoms with E-state index in [9.17, 15) is 4.79 Å². The third-order valence-electron chi connectivity index (χ3n) is 9.78. The molecule has 8 aromatic carbocycles. The minimum Gasteiger partial charge on any atom is -0.455 e. The van der Waals surface area contributed by atoms with Crippen LogP contribution in [0.4, 0.5) is 0 Å². The highest BCUT2D eigenvalue weighted by Gasteiger charge is 2.18. The van der Waals surface area contributed by atoms with Gasteiger partial charge in [-0.1, -0.05) is 133 Å². The van der Waals surface area contributed by atoms with Crippen LogP contribution in [-0.2, 0) is 0 Å². The van der Waals surface area contributed by atoms with Gasteiger partial charge in [-0.2, -0.15) is 0 Å². The quantitative estimate of drug-likeness (QED) is 0.186. The number of rotatable bonds is 3. The van der Waals surface area contributed by atoms with E-state index in [0.29, 0.717) is 21.9 Å². The van der Waals surface area contributed by atoms with E-state index >= 15 is 0 Å². The molecule has 2 aromatic heterocycles. The number of aromatic nitrogens is 1. The van der Waals surface area contributed by atoms with Gasteiger partial charge in [-0.15, -0.1) is 0 Å². The molecule has 0 aliphatic carbocycles. The lowest BCUT2D eigenvalue weighted by Gasteiger charge is -2.13. The third kappa shape index (κ3) is 3.91. The molecule has 10 rings (SSSR count). The molecule has 0 saturated carbocycles. The summed E-state index contributed by atoms with van der Waals surface area (Å²) in [6.45, 7) is 0. The first-order valence-electron chi connectivity index (χ1n) is 16.2. The lowest BCUT2D eigenvalue weighted by Crippen LogP contribution is -2.03. The van der Waals surface area contributed by atoms with Crippen LogP contribution in [0.25, 0.3) is 93.2 Å². The second-order valence-electron chi connectivity index (χ2n) is 12.4. The SMILES string of the molecule is O=c1c2cc(-c3ccc(-n4c5c6ccccc6ccc5c5ccc6ccccc6c54)cc3)ccc2oc2c(-c3ccccc3)cccc12. The van der Waals surface area contributed by atoms with Crippen LogP contribution >= 0.6 is 0 Å². The van der Waals surface area contributed by atoms with E-state index in [0.717, 1.165) is 27.9 Å². The first-order chi connectivity index (χ1) is 23.7. The average molecular weight is 614 g/mol. The number of benzene rings is 8. The second kappa shape index (κ2) is 10.3. The predicted molar refractivity (Wildman–Crippen MR) is 200 cm³/mol. The van der Waals surface area contributed by atoms with Crippen LogP contribution < -0.4 is 5.43 Å². The lowest BCUT2D eigenvalue weighted by molar-refractivity contribution is 0.661. The van der Waals surface area contributed by atoms with Crippen LogP contribution in [0, 0.1) is 0 Å². The van der Waals surface area contributed by atoms with Crippen molar-refractivity contribution in [3.05, 3.63) is 174 Å². The third-order valence-corrected chi connectivity index (χ3v) is 9.78. The van der Waals surface area contributed by atoms with Gasteiger partial charge in [0.25, 0.3) is 0 Å². The number of hydrogen-bond donors (Lipinski definition) is 0. The van der Waals surface area contributed by atoms with E-state index in [1.807, 2.05) is 66.7 Å². The van der Waals surface area contributed by atoms with Crippen molar-refractivity contribution in [3.8, 4) is 27.9 Å². The maximum absolute atomic E-state index is 13.9. The summed E-state index contributed by atoms with van der Waals surface area (Å²) in [5.41, 5.74) is 8.62. The average Bonchev–Trinajstić information content (AvgIpc) is 3.50. The molecule has 0 spiro atoms. The lowest BCUT2D eigenvalue weighted by atomic mass is 10.00. The highest BCUT2D eigenvalue weighted by molar-refractivity contribution is 6.23. The molecule has 0 radical (unpaired) electrons. The normalized spacial score (nSPS) is 11.8. The van der Waals surface area contributed by atoms with Crippen molar-refractivity contribution in [1.29, 1.82) is 0 Å². The predicted octanol–water partition coefficient (Wildman–Crippen LogP) is 11.7. The van der Waals surface area contributed by atoms with E-state index < -0.39 is 0 Å². The van der Waals surface area contributed by atoms with E-state index in [1.54, 1.807) is 0 Å². The van der Waals surface area contributed by atoms with Gasteiger partial charge in [0, 0.05) is 32.8 Å². The van der Waals surface area contributed by atoms with Crippen LogP contribution in [0.2, 0.25) is 0 Å². The summed E-state index contributed by atoms with van der Waals surface area (Å²) in [6, 6.07) is 56.7. The van der Waals surface area contributed by atoms with Crippen LogP contribution in [0.15, 0.2) is 173 Å². The van der Waals surface area contributed by atoms with Crippen LogP contribution in [0.3, 0.4) is 0 Å². The summed E-state index contributed by atoms with van der Waals surface area (Å²) in [6.07, 6.45) is 0. The Kier molecular flexibility index (Phi) is 5.73. The molecule has 0 saturated heterocycles. The molecule has 0 bridgehead atoms. The fraction of sp³-hybridized carbons (Fsp3) is 0. The Labute approximate surface area is 275 Å². The van der Waals surface area contributed by atoms with E-state index in [1.165, 1.54) is 43.4 Å². The van der Waals surface area contributed by atoms with Gasteiger partial charge in [0.2, 0.25) is 5.43 Å². The van der Waals surface area contributed by atoms with Crippen molar-refractivity contribution < 1.29 is 4.42 Å². The van der Waals surface area contributed by atoms with Crippen molar-refractivity contribution in [2.45, 2.75) is 0 Å². The standard InChI is InChI=1S/C45H27NO2/c47-44-39-16-8-15-36(29-9-2-1-3-10-29)45(39)48-41-26-21-32(27-40(41)44)28-17-22-33(23-18-28)46-42-34-13-6-4-11-30(34)19-24-37(42)38-25-20-31-12-5-7-14-35(31)43(38)46/h1-27H. The largest absolute Gasteiger partial charge is 0.455 e. The smallest absolute Gasteiger partial charge is 0.200 e. The van der Waals surface area contributed by atoms with E-state index in [4.69, 9.17) is 4.42 Å². The molecule has 0 atom stereocenters. The molecule has 224 valence electrons. The second-order valence-corrected chi connectivity index (χ2v) is 12.4. The van der Waals surface area contributed by atoms with Crippen molar-refractivity contribution in [2.75, 3.05) is 0 Å². The van der Waals surface area contributed by atoms with Gasteiger partial charge in [-0.25, -0.2) is 0 Å². The Hall–Kier alpha value is -6.45. The molecule has 0 fully saturated rings. The van der Waals surface area contributed by atoms with Gasteiger partial charge in [0.15, 0.2) is 0 Å². The fourth-order valence-corrected chi connectivity index (χ4v) is 7.50. The van der Waals surface area contributed by atoms with Crippen LogP contribution in [0.1, 0.15) is 0 Å². The molecule has 0 amide bonds. The van der Waals surface area contributed by atoms with Gasteiger partial charge in [-0.05, 0) is 57.8 Å². The van der Waals surface area contributed by atoms with Crippen molar-refractivity contribution in [3.63, 3.8) is 0 Å². The van der Waals surface area contributed by atoms with Crippen molar-refractivity contribution in [2.24, 2.45) is 0 Å². The van der Waals surface area contributed by atoms with Gasteiger partial charge in [-0.3, -0.25) is 4.79 Å². The Balaban J connectivity index is 1.15. The molecular weight excluding hydrogens is 587 g/mol. The highest BCUT2D eigenvalue weighted by Crippen LogP contribution is 2.40. The molecule has 48 heavy (non-hydrogen) atoms. The Morgan fingerprint density at radius 1 is 0.417 bits per heavy atom. The van der Waals surface area contributed by atoms with Gasteiger partial charge in [0.1, 0.15) is 11.2 Å². The number of para-hydroxylation sites is 1. The minimum absolute atomic E-state index is 0.0217. The maximum atomic E-state index is 13.9. The molecular formula is C45H27NO2. The summed E-state index contributed by atoms with van der Waals surface area (Å²) < 4.78 is 8.84. The molecule has 0 aliphatic rings. The molecule has 10 aromatic rings. The molecule has 0 aliphatic heterocycles. The molecule has 3 heteroatoms. The number of hydrogen-bond acceptors (Lipinski definition) is 2. The molecule has 0 N–H and O–H groups in total. The van der Waals surface area contributed by atoms with Gasteiger partial charge >= 0.3 is 0 Å². The molecule has 2 heterocycles. The van der Waals surface area contributed by atoms with Gasteiger partial charge in [0.05, 0.1) is 21.8 Å². The zero-order valence-electron chi connectivity index (χ0n) is 25.9. The Bertz CT molecular complexity index is 2860. The summed E-state index contributed by atoms with van der Waals surface area (Å²) in [4.78, 5) is 13.9. The first kappa shape index (κ1) is 26.7. The Morgan fingerprint density at radius 2 is 1.02 bits per heavy atom. The summed E-state index contributed by atoms with van der Waals surface area (Å²) in [5, 5.41) is 8.52. The van der Waals surface area contributed by atoms with E-state index in [-0.39, 0.29) is 5.43 Å². The van der Waals surface area contributed by atoms with Gasteiger partial charge < -0.3 is 8.98 Å². The summed E-state index contributed by atoms with van der Waals surface area (Å²) in [5.74, 6) is 0. The topological polar surface area (TPSA) is 35.1 Å².